The highest BCUT2D eigenvalue weighted by molar-refractivity contribution is 5.86. The van der Waals surface area contributed by atoms with Crippen LogP contribution < -0.4 is 5.32 Å². The molecular weight excluding hydrogens is 284 g/mol. The highest BCUT2D eigenvalue weighted by atomic mass is 16.5. The van der Waals surface area contributed by atoms with Crippen molar-refractivity contribution in [1.29, 1.82) is 0 Å². The van der Waals surface area contributed by atoms with E-state index in [2.05, 4.69) is 10.1 Å². The zero-order chi connectivity index (χ0) is 16.3. The normalized spacial score (nSPS) is 11.6. The Labute approximate surface area is 123 Å². The van der Waals surface area contributed by atoms with Crippen LogP contribution in [0.1, 0.15) is 6.42 Å². The standard InChI is InChI=1S/C12H22N2O7/c1-19-6-4-14(5-7-20-2)12(18)13-9(11(16)17)8-10(15)21-3/h9H,4-8H2,1-3H3,(H,13,18)(H,16,17)/t9-/m0/s1. The molecule has 2 amide bonds. The van der Waals surface area contributed by atoms with Gasteiger partial charge in [-0.25, -0.2) is 9.59 Å². The van der Waals surface area contributed by atoms with Crippen molar-refractivity contribution in [3.8, 4) is 0 Å². The predicted octanol–water partition coefficient (Wildman–Crippen LogP) is -0.693. The number of aliphatic carboxylic acids is 1. The molecule has 0 spiro atoms. The molecule has 0 saturated heterocycles. The maximum Gasteiger partial charge on any atom is 0.326 e. The fourth-order valence-corrected chi connectivity index (χ4v) is 1.41. The molecule has 0 aromatic carbocycles. The van der Waals surface area contributed by atoms with Crippen LogP contribution in [0.15, 0.2) is 0 Å². The van der Waals surface area contributed by atoms with Crippen molar-refractivity contribution >= 4 is 18.0 Å². The first kappa shape index (κ1) is 19.1. The largest absolute Gasteiger partial charge is 0.480 e. The maximum absolute atomic E-state index is 12.0. The van der Waals surface area contributed by atoms with E-state index in [9.17, 15) is 14.4 Å². The fraction of sp³-hybridized carbons (Fsp3) is 0.750. The van der Waals surface area contributed by atoms with Crippen molar-refractivity contribution in [2.75, 3.05) is 47.6 Å². The SMILES string of the molecule is COCCN(CCOC)C(=O)N[C@@H](CC(=O)OC)C(=O)O. The van der Waals surface area contributed by atoms with Crippen molar-refractivity contribution in [2.45, 2.75) is 12.5 Å². The van der Waals surface area contributed by atoms with E-state index < -0.39 is 30.4 Å². The molecular formula is C12H22N2O7. The predicted molar refractivity (Wildman–Crippen MR) is 71.9 cm³/mol. The Hall–Kier alpha value is -1.87. The molecule has 0 aliphatic heterocycles. The van der Waals surface area contributed by atoms with Gasteiger partial charge in [0.25, 0.3) is 0 Å². The smallest absolute Gasteiger partial charge is 0.326 e. The zero-order valence-electron chi connectivity index (χ0n) is 12.5. The Morgan fingerprint density at radius 2 is 1.62 bits per heavy atom. The molecule has 21 heavy (non-hydrogen) atoms. The lowest BCUT2D eigenvalue weighted by atomic mass is 10.2. The van der Waals surface area contributed by atoms with Crippen LogP contribution in [-0.4, -0.2) is 81.7 Å². The molecule has 9 nitrogen and oxygen atoms in total. The number of nitrogens with one attached hydrogen (secondary N) is 1. The van der Waals surface area contributed by atoms with Crippen LogP contribution in [0.4, 0.5) is 4.79 Å². The van der Waals surface area contributed by atoms with Crippen molar-refractivity contribution in [3.05, 3.63) is 0 Å². The number of hydrogen-bond donors (Lipinski definition) is 2. The summed E-state index contributed by atoms with van der Waals surface area (Å²) in [5.74, 6) is -2.03. The average Bonchev–Trinajstić information content (AvgIpc) is 2.46. The second kappa shape index (κ2) is 10.9. The van der Waals surface area contributed by atoms with Gasteiger partial charge in [-0.15, -0.1) is 0 Å². The van der Waals surface area contributed by atoms with Gasteiger partial charge in [0.05, 0.1) is 26.7 Å². The molecule has 0 bridgehead atoms. The molecule has 0 saturated carbocycles. The second-order valence-electron chi connectivity index (χ2n) is 4.09. The van der Waals surface area contributed by atoms with Gasteiger partial charge in [0.15, 0.2) is 0 Å². The Kier molecular flexibility index (Phi) is 9.90. The molecule has 0 rings (SSSR count). The number of carbonyl (C=O) groups excluding carboxylic acids is 2. The van der Waals surface area contributed by atoms with E-state index in [1.54, 1.807) is 0 Å². The number of methoxy groups -OCH3 is 3. The molecule has 0 aromatic rings. The molecule has 0 aliphatic rings. The van der Waals surface area contributed by atoms with Crippen LogP contribution >= 0.6 is 0 Å². The minimum absolute atomic E-state index is 0.274. The van der Waals surface area contributed by atoms with Gasteiger partial charge in [0.1, 0.15) is 6.04 Å². The van der Waals surface area contributed by atoms with Gasteiger partial charge in [-0.05, 0) is 0 Å². The summed E-state index contributed by atoms with van der Waals surface area (Å²) in [5.41, 5.74) is 0. The summed E-state index contributed by atoms with van der Waals surface area (Å²) < 4.78 is 14.2. The number of urea groups is 1. The number of carboxylic acid groups (broad SMARTS) is 1. The summed E-state index contributed by atoms with van der Waals surface area (Å²) in [6, 6.07) is -1.96. The molecule has 0 fully saturated rings. The van der Waals surface area contributed by atoms with E-state index >= 15 is 0 Å². The highest BCUT2D eigenvalue weighted by Gasteiger charge is 2.25. The summed E-state index contributed by atoms with van der Waals surface area (Å²) in [6.07, 6.45) is -0.444. The molecule has 0 radical (unpaired) electrons. The van der Waals surface area contributed by atoms with E-state index in [-0.39, 0.29) is 13.1 Å². The molecule has 0 aliphatic carbocycles. The average molecular weight is 306 g/mol. The number of hydrogen-bond acceptors (Lipinski definition) is 6. The Morgan fingerprint density at radius 3 is 2.00 bits per heavy atom. The fourth-order valence-electron chi connectivity index (χ4n) is 1.41. The first-order valence-corrected chi connectivity index (χ1v) is 6.29. The summed E-state index contributed by atoms with van der Waals surface area (Å²) in [4.78, 5) is 35.6. The summed E-state index contributed by atoms with van der Waals surface area (Å²) in [6.45, 7) is 1.14. The number of rotatable bonds is 10. The maximum atomic E-state index is 12.0. The Bertz CT molecular complexity index is 340. The molecule has 0 unspecified atom stereocenters. The van der Waals surface area contributed by atoms with Crippen LogP contribution in [0.25, 0.3) is 0 Å². The number of ether oxygens (including phenoxy) is 3. The third-order valence-corrected chi connectivity index (χ3v) is 2.61. The molecule has 1 atom stereocenters. The first-order valence-electron chi connectivity index (χ1n) is 6.29. The van der Waals surface area contributed by atoms with Gasteiger partial charge >= 0.3 is 18.0 Å². The van der Waals surface area contributed by atoms with Crippen molar-refractivity contribution < 1.29 is 33.7 Å². The van der Waals surface area contributed by atoms with E-state index in [1.165, 1.54) is 19.1 Å². The summed E-state index contributed by atoms with van der Waals surface area (Å²) in [5, 5.41) is 11.3. The van der Waals surface area contributed by atoms with Gasteiger partial charge in [0.2, 0.25) is 0 Å². The molecule has 2 N–H and O–H groups in total. The van der Waals surface area contributed by atoms with Gasteiger partial charge in [0, 0.05) is 27.3 Å². The lowest BCUT2D eigenvalue weighted by molar-refractivity contribution is -0.147. The number of carboxylic acids is 1. The number of nitrogens with zero attached hydrogens (tertiary/aromatic N) is 1. The summed E-state index contributed by atoms with van der Waals surface area (Å²) in [7, 11) is 4.12. The number of esters is 1. The van der Waals surface area contributed by atoms with Crippen LogP contribution in [0.2, 0.25) is 0 Å². The van der Waals surface area contributed by atoms with E-state index in [0.29, 0.717) is 13.2 Å². The van der Waals surface area contributed by atoms with Gasteiger partial charge in [-0.1, -0.05) is 0 Å². The van der Waals surface area contributed by atoms with Crippen LogP contribution in [0.5, 0.6) is 0 Å². The van der Waals surface area contributed by atoms with Gasteiger partial charge < -0.3 is 29.5 Å². The third-order valence-electron chi connectivity index (χ3n) is 2.61. The van der Waals surface area contributed by atoms with Crippen LogP contribution in [-0.2, 0) is 23.8 Å². The van der Waals surface area contributed by atoms with Crippen LogP contribution in [0, 0.1) is 0 Å². The van der Waals surface area contributed by atoms with Gasteiger partial charge in [-0.2, -0.15) is 0 Å². The summed E-state index contributed by atoms with van der Waals surface area (Å²) >= 11 is 0. The van der Waals surface area contributed by atoms with E-state index in [4.69, 9.17) is 14.6 Å². The minimum Gasteiger partial charge on any atom is -0.480 e. The van der Waals surface area contributed by atoms with Crippen molar-refractivity contribution in [3.63, 3.8) is 0 Å². The van der Waals surface area contributed by atoms with Crippen LogP contribution in [0.3, 0.4) is 0 Å². The number of amides is 2. The Morgan fingerprint density at radius 1 is 1.10 bits per heavy atom. The first-order chi connectivity index (χ1) is 9.96. The highest BCUT2D eigenvalue weighted by Crippen LogP contribution is 1.98. The minimum atomic E-state index is -1.35. The number of carbonyl (C=O) groups is 3. The monoisotopic (exact) mass is 306 g/mol. The lowest BCUT2D eigenvalue weighted by Crippen LogP contribution is -2.50. The lowest BCUT2D eigenvalue weighted by Gasteiger charge is -2.24. The van der Waals surface area contributed by atoms with Gasteiger partial charge in [-0.3, -0.25) is 4.79 Å². The quantitative estimate of drug-likeness (QED) is 0.513. The molecule has 122 valence electrons. The van der Waals surface area contributed by atoms with E-state index in [1.807, 2.05) is 0 Å². The molecule has 9 heteroatoms. The third kappa shape index (κ3) is 8.10. The molecule has 0 heterocycles. The second-order valence-corrected chi connectivity index (χ2v) is 4.09. The topological polar surface area (TPSA) is 114 Å². The zero-order valence-corrected chi connectivity index (χ0v) is 12.5. The van der Waals surface area contributed by atoms with Crippen molar-refractivity contribution in [1.82, 2.24) is 10.2 Å². The van der Waals surface area contributed by atoms with Crippen molar-refractivity contribution in [2.24, 2.45) is 0 Å². The Balaban J connectivity index is 4.64. The van der Waals surface area contributed by atoms with E-state index in [0.717, 1.165) is 7.11 Å². The molecule has 0 aromatic heterocycles.